The summed E-state index contributed by atoms with van der Waals surface area (Å²) in [5.74, 6) is 0.561. The van der Waals surface area contributed by atoms with E-state index >= 15 is 0 Å². The second-order valence-electron chi connectivity index (χ2n) is 5.15. The summed E-state index contributed by atoms with van der Waals surface area (Å²) in [7, 11) is 1.96. The van der Waals surface area contributed by atoms with Gasteiger partial charge in [0.2, 0.25) is 0 Å². The normalized spacial score (nSPS) is 11.5. The van der Waals surface area contributed by atoms with Gasteiger partial charge in [-0.2, -0.15) is 10.2 Å². The first-order valence-corrected chi connectivity index (χ1v) is 6.85. The Morgan fingerprint density at radius 3 is 2.38 bits per heavy atom. The van der Waals surface area contributed by atoms with Crippen molar-refractivity contribution >= 4 is 27.6 Å². The Bertz CT molecular complexity index is 870. The monoisotopic (exact) mass is 277 g/mol. The molecular formula is C16H15N5. The van der Waals surface area contributed by atoms with E-state index in [1.54, 1.807) is 0 Å². The molecule has 0 saturated carbocycles. The van der Waals surface area contributed by atoms with E-state index in [1.807, 2.05) is 52.8 Å². The number of rotatable bonds is 2. The summed E-state index contributed by atoms with van der Waals surface area (Å²) in [6.07, 6.45) is 0. The van der Waals surface area contributed by atoms with Gasteiger partial charge in [0, 0.05) is 17.8 Å². The third-order valence-corrected chi connectivity index (χ3v) is 3.82. The number of benzene rings is 2. The molecule has 0 aliphatic rings. The van der Waals surface area contributed by atoms with Crippen molar-refractivity contribution in [3.05, 3.63) is 54.2 Å². The number of nitrogen functional groups attached to an aromatic ring is 1. The van der Waals surface area contributed by atoms with Crippen molar-refractivity contribution in [3.8, 4) is 0 Å². The first-order valence-electron chi connectivity index (χ1n) is 6.85. The lowest BCUT2D eigenvalue weighted by Crippen LogP contribution is -2.03. The molecule has 2 N–H and O–H groups in total. The van der Waals surface area contributed by atoms with Gasteiger partial charge in [-0.25, -0.2) is 0 Å². The second-order valence-corrected chi connectivity index (χ2v) is 5.15. The van der Waals surface area contributed by atoms with Crippen molar-refractivity contribution in [2.45, 2.75) is 6.54 Å². The molecule has 104 valence electrons. The van der Waals surface area contributed by atoms with Gasteiger partial charge >= 0.3 is 0 Å². The number of hydrogen-bond acceptors (Lipinski definition) is 3. The lowest BCUT2D eigenvalue weighted by atomic mass is 10.2. The molecule has 5 nitrogen and oxygen atoms in total. The van der Waals surface area contributed by atoms with Crippen LogP contribution in [0.15, 0.2) is 48.5 Å². The van der Waals surface area contributed by atoms with Gasteiger partial charge < -0.3 is 5.73 Å². The van der Waals surface area contributed by atoms with Crippen LogP contribution in [-0.2, 0) is 13.6 Å². The van der Waals surface area contributed by atoms with Gasteiger partial charge in [-0.15, -0.1) is 0 Å². The standard InChI is InChI=1S/C16H15N5/c1-20-14-8-4-2-6-11(14)13(18-20)10-21-15-9-5-3-7-12(15)16(17)19-21/h2-9H,10H2,1H3,(H2,17,19). The van der Waals surface area contributed by atoms with Crippen LogP contribution in [0.5, 0.6) is 0 Å². The quantitative estimate of drug-likeness (QED) is 0.612. The van der Waals surface area contributed by atoms with Crippen LogP contribution < -0.4 is 5.73 Å². The Morgan fingerprint density at radius 1 is 0.905 bits per heavy atom. The third kappa shape index (κ3) is 1.78. The van der Waals surface area contributed by atoms with Crippen LogP contribution in [0.1, 0.15) is 5.69 Å². The van der Waals surface area contributed by atoms with E-state index in [9.17, 15) is 0 Å². The second kappa shape index (κ2) is 4.34. The van der Waals surface area contributed by atoms with E-state index in [0.717, 1.165) is 27.5 Å². The highest BCUT2D eigenvalue weighted by molar-refractivity contribution is 5.89. The summed E-state index contributed by atoms with van der Waals surface area (Å²) in [6.45, 7) is 0.610. The molecule has 0 spiro atoms. The van der Waals surface area contributed by atoms with E-state index < -0.39 is 0 Å². The fourth-order valence-corrected chi connectivity index (χ4v) is 2.82. The molecule has 2 heterocycles. The minimum absolute atomic E-state index is 0.561. The summed E-state index contributed by atoms with van der Waals surface area (Å²) in [5.41, 5.74) is 9.15. The third-order valence-electron chi connectivity index (χ3n) is 3.82. The molecule has 2 aromatic carbocycles. The maximum atomic E-state index is 5.99. The van der Waals surface area contributed by atoms with E-state index in [4.69, 9.17) is 5.73 Å². The molecule has 0 amide bonds. The summed E-state index contributed by atoms with van der Waals surface area (Å²) < 4.78 is 3.82. The van der Waals surface area contributed by atoms with Crippen LogP contribution in [0.4, 0.5) is 5.82 Å². The van der Waals surface area contributed by atoms with E-state index in [2.05, 4.69) is 22.3 Å². The molecule has 4 rings (SSSR count). The van der Waals surface area contributed by atoms with E-state index in [1.165, 1.54) is 0 Å². The average molecular weight is 277 g/mol. The number of aryl methyl sites for hydroxylation is 1. The molecular weight excluding hydrogens is 262 g/mol. The zero-order chi connectivity index (χ0) is 14.4. The van der Waals surface area contributed by atoms with Crippen molar-refractivity contribution in [1.82, 2.24) is 19.6 Å². The van der Waals surface area contributed by atoms with Crippen LogP contribution in [0.2, 0.25) is 0 Å². The number of anilines is 1. The summed E-state index contributed by atoms with van der Waals surface area (Å²) in [5, 5.41) is 11.2. The first kappa shape index (κ1) is 12.0. The predicted molar refractivity (Wildman–Crippen MR) is 84.0 cm³/mol. The fourth-order valence-electron chi connectivity index (χ4n) is 2.82. The van der Waals surface area contributed by atoms with Crippen LogP contribution in [-0.4, -0.2) is 19.6 Å². The molecule has 2 aromatic heterocycles. The summed E-state index contributed by atoms with van der Waals surface area (Å²) in [6, 6.07) is 16.2. The Morgan fingerprint density at radius 2 is 1.57 bits per heavy atom. The fraction of sp³-hybridized carbons (Fsp3) is 0.125. The molecule has 0 saturated heterocycles. The maximum absolute atomic E-state index is 5.99. The first-order chi connectivity index (χ1) is 10.2. The number of nitrogens with zero attached hydrogens (tertiary/aromatic N) is 4. The zero-order valence-electron chi connectivity index (χ0n) is 11.7. The SMILES string of the molecule is Cn1nc(Cn2nc(N)c3ccccc32)c2ccccc21. The van der Waals surface area contributed by atoms with Crippen molar-refractivity contribution < 1.29 is 0 Å². The number of hydrogen-bond donors (Lipinski definition) is 1. The molecule has 0 fully saturated rings. The zero-order valence-corrected chi connectivity index (χ0v) is 11.7. The van der Waals surface area contributed by atoms with Gasteiger partial charge in [0.1, 0.15) is 0 Å². The van der Waals surface area contributed by atoms with Crippen LogP contribution in [0, 0.1) is 0 Å². The van der Waals surface area contributed by atoms with Gasteiger partial charge in [-0.05, 0) is 18.2 Å². The highest BCUT2D eigenvalue weighted by atomic mass is 15.3. The van der Waals surface area contributed by atoms with Crippen molar-refractivity contribution in [1.29, 1.82) is 0 Å². The average Bonchev–Trinajstić information content (AvgIpc) is 3.00. The molecule has 0 aliphatic carbocycles. The van der Waals surface area contributed by atoms with Crippen molar-refractivity contribution in [3.63, 3.8) is 0 Å². The Balaban J connectivity index is 1.87. The Labute approximate surface area is 121 Å². The van der Waals surface area contributed by atoms with Crippen LogP contribution >= 0.6 is 0 Å². The molecule has 0 bridgehead atoms. The van der Waals surface area contributed by atoms with Gasteiger partial charge in [0.15, 0.2) is 5.82 Å². The van der Waals surface area contributed by atoms with Crippen LogP contribution in [0.25, 0.3) is 21.8 Å². The highest BCUT2D eigenvalue weighted by Gasteiger charge is 2.12. The summed E-state index contributed by atoms with van der Waals surface area (Å²) in [4.78, 5) is 0. The topological polar surface area (TPSA) is 61.7 Å². The van der Waals surface area contributed by atoms with Gasteiger partial charge in [-0.1, -0.05) is 30.3 Å². The van der Waals surface area contributed by atoms with Gasteiger partial charge in [0.05, 0.1) is 23.3 Å². The Kier molecular flexibility index (Phi) is 2.47. The molecule has 0 aliphatic heterocycles. The Hall–Kier alpha value is -2.82. The summed E-state index contributed by atoms with van der Waals surface area (Å²) >= 11 is 0. The minimum atomic E-state index is 0.561. The lowest BCUT2D eigenvalue weighted by Gasteiger charge is -2.01. The van der Waals surface area contributed by atoms with Crippen LogP contribution in [0.3, 0.4) is 0 Å². The minimum Gasteiger partial charge on any atom is -0.382 e. The molecule has 0 atom stereocenters. The molecule has 0 unspecified atom stereocenters. The largest absolute Gasteiger partial charge is 0.382 e. The molecule has 4 aromatic rings. The molecule has 5 heteroatoms. The van der Waals surface area contributed by atoms with Gasteiger partial charge in [-0.3, -0.25) is 9.36 Å². The number of para-hydroxylation sites is 2. The van der Waals surface area contributed by atoms with Crippen molar-refractivity contribution in [2.24, 2.45) is 7.05 Å². The molecule has 21 heavy (non-hydrogen) atoms. The number of nitrogens with two attached hydrogens (primary N) is 1. The number of fused-ring (bicyclic) bond motifs is 2. The number of aromatic nitrogens is 4. The smallest absolute Gasteiger partial charge is 0.153 e. The molecule has 0 radical (unpaired) electrons. The maximum Gasteiger partial charge on any atom is 0.153 e. The highest BCUT2D eigenvalue weighted by Crippen LogP contribution is 2.23. The van der Waals surface area contributed by atoms with E-state index in [-0.39, 0.29) is 0 Å². The van der Waals surface area contributed by atoms with Gasteiger partial charge in [0.25, 0.3) is 0 Å². The predicted octanol–water partition coefficient (Wildman–Crippen LogP) is 2.55. The van der Waals surface area contributed by atoms with Crippen molar-refractivity contribution in [2.75, 3.05) is 5.73 Å². The van der Waals surface area contributed by atoms with E-state index in [0.29, 0.717) is 12.4 Å². The lowest BCUT2D eigenvalue weighted by molar-refractivity contribution is 0.676.